The summed E-state index contributed by atoms with van der Waals surface area (Å²) < 4.78 is 6.39. The topological polar surface area (TPSA) is 174 Å². The summed E-state index contributed by atoms with van der Waals surface area (Å²) in [7, 11) is 0. The van der Waals surface area contributed by atoms with Crippen molar-refractivity contribution in [1.29, 1.82) is 0 Å². The highest BCUT2D eigenvalue weighted by atomic mass is 32.1. The first-order chi connectivity index (χ1) is 19.1. The number of nitrogens with one attached hydrogen (secondary N) is 1. The van der Waals surface area contributed by atoms with Crippen LogP contribution in [0, 0.1) is 0 Å². The van der Waals surface area contributed by atoms with Gasteiger partial charge in [-0.3, -0.25) is 19.5 Å². The Morgan fingerprint density at radius 1 is 1.12 bits per heavy atom. The number of hydrogen-bond acceptors (Lipinski definition) is 10. The zero-order chi connectivity index (χ0) is 28.9. The van der Waals surface area contributed by atoms with Crippen LogP contribution >= 0.6 is 11.3 Å². The van der Waals surface area contributed by atoms with Gasteiger partial charge in [-0.25, -0.2) is 19.7 Å². The summed E-state index contributed by atoms with van der Waals surface area (Å²) in [5, 5.41) is 11.9. The number of benzene rings is 1. The second-order valence-electron chi connectivity index (χ2n) is 9.27. The molecule has 0 aliphatic carbocycles. The van der Waals surface area contributed by atoms with Crippen LogP contribution in [0.15, 0.2) is 48.9 Å². The Morgan fingerprint density at radius 3 is 2.50 bits per heavy atom. The number of pyridine rings is 1. The Labute approximate surface area is 234 Å². The minimum Gasteiger partial charge on any atom is -0.481 e. The highest BCUT2D eigenvalue weighted by Gasteiger charge is 2.28. The number of carboxylic acid groups (broad SMARTS) is 1. The molecule has 0 aliphatic rings. The smallest absolute Gasteiger partial charge is 0.321 e. The molecule has 13 heteroatoms. The molecular weight excluding hydrogens is 534 g/mol. The average molecular weight is 564 g/mol. The molecular formula is C27H29N7O5S. The van der Waals surface area contributed by atoms with E-state index in [0.717, 1.165) is 21.5 Å². The third-order valence-electron chi connectivity index (χ3n) is 5.91. The third kappa shape index (κ3) is 6.55. The number of amides is 2. The highest BCUT2D eigenvalue weighted by Crippen LogP contribution is 2.39. The van der Waals surface area contributed by atoms with Gasteiger partial charge in [0.25, 0.3) is 0 Å². The van der Waals surface area contributed by atoms with E-state index in [0.29, 0.717) is 28.6 Å². The van der Waals surface area contributed by atoms with Gasteiger partial charge in [0, 0.05) is 42.8 Å². The molecule has 4 rings (SSSR count). The van der Waals surface area contributed by atoms with Gasteiger partial charge in [-0.15, -0.1) is 0 Å². The number of primary amides is 1. The number of aliphatic carboxylic acids is 1. The largest absolute Gasteiger partial charge is 0.481 e. The van der Waals surface area contributed by atoms with Gasteiger partial charge in [0.1, 0.15) is 0 Å². The second kappa shape index (κ2) is 12.1. The van der Waals surface area contributed by atoms with Crippen LogP contribution in [-0.4, -0.2) is 62.6 Å². The lowest BCUT2D eigenvalue weighted by Crippen LogP contribution is -2.35. The van der Waals surface area contributed by atoms with E-state index in [-0.39, 0.29) is 19.5 Å². The molecule has 0 fully saturated rings. The summed E-state index contributed by atoms with van der Waals surface area (Å²) in [6, 6.07) is 8.92. The summed E-state index contributed by atoms with van der Waals surface area (Å²) in [6.07, 6.45) is 4.89. The standard InChI is InChI=1S/C27H29N7O5S/c1-4-34(25(28)38)26-33-20-12-16(11-18(23(20)40-26)19-7-5-6-9-30-19)17-13-31-24(32-14-17)27(2,3)39-22(37)15-29-10-8-21(35)36/h5-7,9,11-14,29H,4,8,10,15H2,1-3H3,(H2,28,38)(H,35,36). The van der Waals surface area contributed by atoms with Crippen molar-refractivity contribution < 1.29 is 24.2 Å². The number of rotatable bonds is 11. The Bertz CT molecular complexity index is 1520. The van der Waals surface area contributed by atoms with Crippen molar-refractivity contribution in [3.8, 4) is 22.4 Å². The Hall–Kier alpha value is -4.49. The van der Waals surface area contributed by atoms with Gasteiger partial charge >= 0.3 is 18.0 Å². The lowest BCUT2D eigenvalue weighted by atomic mass is 10.0. The van der Waals surface area contributed by atoms with Crippen LogP contribution in [0.4, 0.5) is 9.93 Å². The van der Waals surface area contributed by atoms with Gasteiger partial charge in [-0.1, -0.05) is 17.4 Å². The molecule has 0 aliphatic heterocycles. The van der Waals surface area contributed by atoms with Crippen molar-refractivity contribution >= 4 is 44.7 Å². The molecule has 12 nitrogen and oxygen atoms in total. The van der Waals surface area contributed by atoms with E-state index in [2.05, 4.69) is 25.3 Å². The summed E-state index contributed by atoms with van der Waals surface area (Å²) in [4.78, 5) is 54.3. The SMILES string of the molecule is CCN(C(N)=O)c1nc2cc(-c3cnc(C(C)(C)OC(=O)CNCCC(=O)O)nc3)cc(-c3ccccn3)c2s1. The molecule has 3 aromatic heterocycles. The number of carbonyl (C=O) groups excluding carboxylic acids is 2. The number of anilines is 1. The third-order valence-corrected chi connectivity index (χ3v) is 7.04. The molecule has 0 atom stereocenters. The first-order valence-electron chi connectivity index (χ1n) is 12.5. The zero-order valence-corrected chi connectivity index (χ0v) is 23.1. The maximum atomic E-state index is 12.2. The number of carboxylic acids is 1. The van der Waals surface area contributed by atoms with Gasteiger partial charge < -0.3 is 20.9 Å². The monoisotopic (exact) mass is 563 g/mol. The molecule has 0 saturated carbocycles. The highest BCUT2D eigenvalue weighted by molar-refractivity contribution is 7.23. The van der Waals surface area contributed by atoms with Crippen LogP contribution in [-0.2, 0) is 19.9 Å². The van der Waals surface area contributed by atoms with E-state index in [4.69, 9.17) is 15.6 Å². The van der Waals surface area contributed by atoms with Crippen molar-refractivity contribution in [2.45, 2.75) is 32.8 Å². The van der Waals surface area contributed by atoms with Crippen LogP contribution in [0.5, 0.6) is 0 Å². The molecule has 1 aromatic carbocycles. The fourth-order valence-electron chi connectivity index (χ4n) is 3.94. The van der Waals surface area contributed by atoms with Crippen LogP contribution in [0.2, 0.25) is 0 Å². The fourth-order valence-corrected chi connectivity index (χ4v) is 5.08. The number of urea groups is 1. The zero-order valence-electron chi connectivity index (χ0n) is 22.2. The molecule has 4 N–H and O–H groups in total. The lowest BCUT2D eigenvalue weighted by molar-refractivity contribution is -0.157. The summed E-state index contributed by atoms with van der Waals surface area (Å²) in [6.45, 7) is 5.59. The normalized spacial score (nSPS) is 11.4. The van der Waals surface area contributed by atoms with Crippen LogP contribution in [0.3, 0.4) is 0 Å². The molecule has 40 heavy (non-hydrogen) atoms. The van der Waals surface area contributed by atoms with Crippen LogP contribution in [0.1, 0.15) is 33.0 Å². The number of nitrogens with two attached hydrogens (primary N) is 1. The van der Waals surface area contributed by atoms with Gasteiger partial charge in [0.05, 0.1) is 28.9 Å². The van der Waals surface area contributed by atoms with Crippen molar-refractivity contribution in [2.75, 3.05) is 24.5 Å². The molecule has 3 heterocycles. The Kier molecular flexibility index (Phi) is 8.65. The van der Waals surface area contributed by atoms with Crippen molar-refractivity contribution in [3.63, 3.8) is 0 Å². The van der Waals surface area contributed by atoms with Gasteiger partial charge in [-0.2, -0.15) is 0 Å². The Balaban J connectivity index is 1.63. The predicted octanol–water partition coefficient (Wildman–Crippen LogP) is 3.56. The fraction of sp³-hybridized carbons (Fsp3) is 0.296. The number of hydrogen-bond donors (Lipinski definition) is 3. The molecule has 0 spiro atoms. The molecule has 0 saturated heterocycles. The second-order valence-corrected chi connectivity index (χ2v) is 10.2. The summed E-state index contributed by atoms with van der Waals surface area (Å²) in [5.74, 6) is -1.20. The van der Waals surface area contributed by atoms with Gasteiger partial charge in [0.15, 0.2) is 16.6 Å². The molecule has 0 unspecified atom stereocenters. The van der Waals surface area contributed by atoms with Gasteiger partial charge in [-0.05, 0) is 50.6 Å². The molecule has 0 radical (unpaired) electrons. The van der Waals surface area contributed by atoms with Crippen molar-refractivity contribution in [2.24, 2.45) is 5.73 Å². The van der Waals surface area contributed by atoms with E-state index >= 15 is 0 Å². The molecule has 2 amide bonds. The van der Waals surface area contributed by atoms with E-state index in [1.54, 1.807) is 32.4 Å². The average Bonchev–Trinajstić information content (AvgIpc) is 3.34. The maximum absolute atomic E-state index is 12.2. The van der Waals surface area contributed by atoms with Crippen LogP contribution < -0.4 is 16.0 Å². The van der Waals surface area contributed by atoms with Crippen LogP contribution in [0.25, 0.3) is 32.6 Å². The first kappa shape index (κ1) is 28.5. The number of nitrogens with zero attached hydrogens (tertiary/aromatic N) is 5. The summed E-state index contributed by atoms with van der Waals surface area (Å²) in [5.41, 5.74) is 8.19. The predicted molar refractivity (Wildman–Crippen MR) is 151 cm³/mol. The van der Waals surface area contributed by atoms with Gasteiger partial charge in [0.2, 0.25) is 0 Å². The number of aromatic nitrogens is 4. The quantitative estimate of drug-likeness (QED) is 0.181. The number of carbonyl (C=O) groups is 3. The van der Waals surface area contributed by atoms with E-state index in [1.165, 1.54) is 16.2 Å². The lowest BCUT2D eigenvalue weighted by Gasteiger charge is -2.23. The Morgan fingerprint density at radius 2 is 1.88 bits per heavy atom. The number of esters is 1. The number of fused-ring (bicyclic) bond motifs is 1. The minimum absolute atomic E-state index is 0.0979. The molecule has 4 aromatic rings. The summed E-state index contributed by atoms with van der Waals surface area (Å²) >= 11 is 1.36. The van der Waals surface area contributed by atoms with E-state index in [9.17, 15) is 14.4 Å². The van der Waals surface area contributed by atoms with Crippen molar-refractivity contribution in [1.82, 2.24) is 25.3 Å². The number of thiazole rings is 1. The maximum Gasteiger partial charge on any atom is 0.321 e. The van der Waals surface area contributed by atoms with E-state index < -0.39 is 23.6 Å². The minimum atomic E-state index is -1.12. The number of ether oxygens (including phenoxy) is 1. The molecule has 208 valence electrons. The van der Waals surface area contributed by atoms with Crippen molar-refractivity contribution in [3.05, 3.63) is 54.7 Å². The van der Waals surface area contributed by atoms with E-state index in [1.807, 2.05) is 37.3 Å². The first-order valence-corrected chi connectivity index (χ1v) is 13.3. The molecule has 0 bridgehead atoms.